The van der Waals surface area contributed by atoms with E-state index in [-0.39, 0.29) is 0 Å². The van der Waals surface area contributed by atoms with Crippen LogP contribution in [-0.2, 0) is 6.54 Å². The fraction of sp³-hybridized carbons (Fsp3) is 0.0435. The Morgan fingerprint density at radius 1 is 0.786 bits per heavy atom. The molecule has 0 fully saturated rings. The van der Waals surface area contributed by atoms with Gasteiger partial charge in [0.2, 0.25) is 5.95 Å². The fourth-order valence-corrected chi connectivity index (χ4v) is 3.59. The van der Waals surface area contributed by atoms with Crippen LogP contribution in [0.1, 0.15) is 5.56 Å². The Bertz CT molecular complexity index is 1030. The van der Waals surface area contributed by atoms with E-state index < -0.39 is 0 Å². The van der Waals surface area contributed by atoms with Gasteiger partial charge in [0.1, 0.15) is 0 Å². The highest BCUT2D eigenvalue weighted by Gasteiger charge is 2.04. The van der Waals surface area contributed by atoms with Crippen molar-refractivity contribution in [3.63, 3.8) is 0 Å². The highest BCUT2D eigenvalue weighted by Crippen LogP contribution is 2.29. The molecular formula is C23H20N4S. The van der Waals surface area contributed by atoms with Crippen molar-refractivity contribution in [3.05, 3.63) is 96.7 Å². The molecule has 0 aliphatic heterocycles. The Hall–Kier alpha value is -3.15. The highest BCUT2D eigenvalue weighted by molar-refractivity contribution is 7.99. The molecule has 3 aromatic carbocycles. The summed E-state index contributed by atoms with van der Waals surface area (Å²) in [6.07, 6.45) is 1.77. The van der Waals surface area contributed by atoms with Crippen LogP contribution in [0.3, 0.4) is 0 Å². The molecule has 4 nitrogen and oxygen atoms in total. The number of rotatable bonds is 6. The van der Waals surface area contributed by atoms with Crippen molar-refractivity contribution in [1.29, 1.82) is 0 Å². The van der Waals surface area contributed by atoms with E-state index in [1.165, 1.54) is 9.79 Å². The lowest BCUT2D eigenvalue weighted by Gasteiger charge is -2.08. The van der Waals surface area contributed by atoms with Gasteiger partial charge >= 0.3 is 0 Å². The molecule has 0 aliphatic rings. The number of benzene rings is 3. The lowest BCUT2D eigenvalue weighted by molar-refractivity contribution is 1.07. The topological polar surface area (TPSA) is 63.8 Å². The molecule has 0 spiro atoms. The van der Waals surface area contributed by atoms with Crippen molar-refractivity contribution in [1.82, 2.24) is 9.97 Å². The minimum absolute atomic E-state index is 0.533. The Morgan fingerprint density at radius 3 is 2.21 bits per heavy atom. The lowest BCUT2D eigenvalue weighted by Crippen LogP contribution is -1.99. The van der Waals surface area contributed by atoms with E-state index in [0.29, 0.717) is 12.5 Å². The minimum Gasteiger partial charge on any atom is -0.326 e. The number of nitrogens with one attached hydrogen (secondary N) is 1. The summed E-state index contributed by atoms with van der Waals surface area (Å²) in [7, 11) is 0. The maximum atomic E-state index is 5.64. The molecule has 1 aromatic heterocycles. The van der Waals surface area contributed by atoms with E-state index in [2.05, 4.69) is 63.8 Å². The van der Waals surface area contributed by atoms with Crippen molar-refractivity contribution >= 4 is 23.4 Å². The first kappa shape index (κ1) is 18.2. The molecule has 28 heavy (non-hydrogen) atoms. The summed E-state index contributed by atoms with van der Waals surface area (Å²) in [4.78, 5) is 11.4. The predicted octanol–water partition coefficient (Wildman–Crippen LogP) is 5.50. The molecule has 0 saturated heterocycles. The summed E-state index contributed by atoms with van der Waals surface area (Å²) in [5.41, 5.74) is 9.61. The summed E-state index contributed by atoms with van der Waals surface area (Å²) in [5, 5.41) is 3.24. The quantitative estimate of drug-likeness (QED) is 0.460. The number of nitrogens with two attached hydrogens (primary N) is 1. The molecule has 0 bridgehead atoms. The Kier molecular flexibility index (Phi) is 5.66. The number of hydrogen-bond donors (Lipinski definition) is 2. The zero-order chi connectivity index (χ0) is 19.2. The van der Waals surface area contributed by atoms with Crippen LogP contribution in [-0.4, -0.2) is 9.97 Å². The summed E-state index contributed by atoms with van der Waals surface area (Å²) in [6, 6.07) is 28.6. The van der Waals surface area contributed by atoms with Gasteiger partial charge in [0.25, 0.3) is 0 Å². The van der Waals surface area contributed by atoms with Crippen molar-refractivity contribution in [2.45, 2.75) is 16.3 Å². The normalized spacial score (nSPS) is 10.6. The van der Waals surface area contributed by atoms with Gasteiger partial charge in [-0.1, -0.05) is 54.2 Å². The van der Waals surface area contributed by atoms with Crippen LogP contribution in [0.25, 0.3) is 11.3 Å². The number of anilines is 2. The van der Waals surface area contributed by atoms with Crippen molar-refractivity contribution in [3.8, 4) is 11.3 Å². The second kappa shape index (κ2) is 8.69. The van der Waals surface area contributed by atoms with E-state index in [0.717, 1.165) is 22.5 Å². The molecule has 4 aromatic rings. The maximum absolute atomic E-state index is 5.64. The average molecular weight is 385 g/mol. The molecular weight excluding hydrogens is 364 g/mol. The van der Waals surface area contributed by atoms with E-state index in [4.69, 9.17) is 5.73 Å². The first-order valence-corrected chi connectivity index (χ1v) is 9.84. The third kappa shape index (κ3) is 4.57. The summed E-state index contributed by atoms with van der Waals surface area (Å²) in [6.45, 7) is 0.533. The third-order valence-electron chi connectivity index (χ3n) is 4.23. The molecule has 138 valence electrons. The Balaban J connectivity index is 1.49. The smallest absolute Gasteiger partial charge is 0.227 e. The molecule has 0 radical (unpaired) electrons. The van der Waals surface area contributed by atoms with E-state index in [9.17, 15) is 0 Å². The van der Waals surface area contributed by atoms with Crippen LogP contribution in [0, 0.1) is 0 Å². The summed E-state index contributed by atoms with van der Waals surface area (Å²) < 4.78 is 0. The van der Waals surface area contributed by atoms with Gasteiger partial charge in [0.15, 0.2) is 0 Å². The van der Waals surface area contributed by atoms with Crippen LogP contribution in [0.2, 0.25) is 0 Å². The zero-order valence-corrected chi connectivity index (χ0v) is 16.1. The molecule has 5 heteroatoms. The standard InChI is InChI=1S/C23H20N4S/c24-16-17-6-10-19(11-7-17)26-23-25-15-14-22(27-23)18-8-12-21(13-9-18)28-20-4-2-1-3-5-20/h1-15H,16,24H2,(H,25,26,27). The molecule has 0 amide bonds. The monoisotopic (exact) mass is 384 g/mol. The van der Waals surface area contributed by atoms with Gasteiger partial charge in [0.05, 0.1) is 5.69 Å². The van der Waals surface area contributed by atoms with Gasteiger partial charge in [-0.05, 0) is 48.0 Å². The second-order valence-corrected chi connectivity index (χ2v) is 7.38. The molecule has 0 unspecified atom stereocenters. The molecule has 0 aliphatic carbocycles. The average Bonchev–Trinajstić information content (AvgIpc) is 2.76. The van der Waals surface area contributed by atoms with Crippen molar-refractivity contribution in [2.75, 3.05) is 5.32 Å². The lowest BCUT2D eigenvalue weighted by atomic mass is 10.1. The first-order valence-electron chi connectivity index (χ1n) is 9.02. The second-order valence-electron chi connectivity index (χ2n) is 6.23. The zero-order valence-electron chi connectivity index (χ0n) is 15.2. The van der Waals surface area contributed by atoms with Crippen LogP contribution >= 0.6 is 11.8 Å². The van der Waals surface area contributed by atoms with Crippen molar-refractivity contribution in [2.24, 2.45) is 5.73 Å². The van der Waals surface area contributed by atoms with E-state index in [1.54, 1.807) is 18.0 Å². The van der Waals surface area contributed by atoms with E-state index >= 15 is 0 Å². The Labute approximate surface area is 168 Å². The van der Waals surface area contributed by atoms with Gasteiger partial charge in [-0.2, -0.15) is 0 Å². The molecule has 1 heterocycles. The SMILES string of the molecule is NCc1ccc(Nc2nccc(-c3ccc(Sc4ccccc4)cc3)n2)cc1. The molecule has 3 N–H and O–H groups in total. The Morgan fingerprint density at radius 2 is 1.50 bits per heavy atom. The van der Waals surface area contributed by atoms with Gasteiger partial charge in [-0.3, -0.25) is 0 Å². The molecule has 0 atom stereocenters. The largest absolute Gasteiger partial charge is 0.326 e. The maximum Gasteiger partial charge on any atom is 0.227 e. The van der Waals surface area contributed by atoms with Gasteiger partial charge in [-0.15, -0.1) is 0 Å². The number of hydrogen-bond acceptors (Lipinski definition) is 5. The first-order chi connectivity index (χ1) is 13.8. The summed E-state index contributed by atoms with van der Waals surface area (Å²) in [5.74, 6) is 0.570. The minimum atomic E-state index is 0.533. The third-order valence-corrected chi connectivity index (χ3v) is 5.25. The number of nitrogens with zero attached hydrogens (tertiary/aromatic N) is 2. The van der Waals surface area contributed by atoms with Gasteiger partial charge < -0.3 is 11.1 Å². The van der Waals surface area contributed by atoms with Gasteiger partial charge in [0, 0.05) is 33.8 Å². The van der Waals surface area contributed by atoms with Crippen LogP contribution < -0.4 is 11.1 Å². The van der Waals surface area contributed by atoms with Crippen LogP contribution in [0.15, 0.2) is 101 Å². The van der Waals surface area contributed by atoms with Crippen LogP contribution in [0.4, 0.5) is 11.6 Å². The van der Waals surface area contributed by atoms with E-state index in [1.807, 2.05) is 36.4 Å². The fourth-order valence-electron chi connectivity index (χ4n) is 2.75. The van der Waals surface area contributed by atoms with Crippen molar-refractivity contribution < 1.29 is 0 Å². The highest BCUT2D eigenvalue weighted by atomic mass is 32.2. The summed E-state index contributed by atoms with van der Waals surface area (Å²) >= 11 is 1.75. The molecule has 0 saturated carbocycles. The van der Waals surface area contributed by atoms with Gasteiger partial charge in [-0.25, -0.2) is 9.97 Å². The molecule has 4 rings (SSSR count). The van der Waals surface area contributed by atoms with Crippen LogP contribution in [0.5, 0.6) is 0 Å². The number of aromatic nitrogens is 2. The predicted molar refractivity (Wildman–Crippen MR) is 116 cm³/mol.